The number of aromatic amines is 2. The monoisotopic (exact) mass is 1910 g/mol. The number of halogens is 5. The van der Waals surface area contributed by atoms with Crippen LogP contribution >= 0.6 is 69.3 Å². The summed E-state index contributed by atoms with van der Waals surface area (Å²) in [4.78, 5) is 67.7. The number of aliphatic hydroxyl groups excluding tert-OH is 1. The number of Topliss-reactive ketones (excluding diaryl/α,β-unsaturated/α-hetero) is 4. The van der Waals surface area contributed by atoms with Crippen LogP contribution in [0, 0.1) is 21.7 Å². The molecule has 0 bridgehead atoms. The molecular formula is C112H150Cl5N7O7S. The van der Waals surface area contributed by atoms with E-state index in [0.29, 0.717) is 24.2 Å². The van der Waals surface area contributed by atoms with E-state index in [1.165, 1.54) is 66.3 Å². The Morgan fingerprint density at radius 3 is 0.924 bits per heavy atom. The molecule has 0 fully saturated rings. The molecule has 5 aromatic carbocycles. The van der Waals surface area contributed by atoms with Gasteiger partial charge in [-0.1, -0.05) is 289 Å². The fourth-order valence-electron chi connectivity index (χ4n) is 19.2. The van der Waals surface area contributed by atoms with Crippen molar-refractivity contribution in [3.63, 3.8) is 0 Å². The number of fused-ring (bicyclic) bond motifs is 5. The van der Waals surface area contributed by atoms with Crippen molar-refractivity contribution >= 4 is 92.5 Å². The van der Waals surface area contributed by atoms with Crippen molar-refractivity contribution < 1.29 is 33.1 Å². The summed E-state index contributed by atoms with van der Waals surface area (Å²) in [5.74, 6) is 3.40. The smallest absolute Gasteiger partial charge is 0.135 e. The van der Waals surface area contributed by atoms with E-state index >= 15 is 0 Å². The first-order valence-corrected chi connectivity index (χ1v) is 51.1. The van der Waals surface area contributed by atoms with Crippen LogP contribution in [0.4, 0.5) is 0 Å². The molecule has 15 rings (SSSR count). The van der Waals surface area contributed by atoms with Crippen LogP contribution in [0.5, 0.6) is 0 Å². The third-order valence-electron chi connectivity index (χ3n) is 29.0. The van der Waals surface area contributed by atoms with Gasteiger partial charge in [-0.3, -0.25) is 43.7 Å². The van der Waals surface area contributed by atoms with Crippen LogP contribution in [-0.2, 0) is 84.0 Å². The maximum absolute atomic E-state index is 11.7. The molecule has 0 saturated heterocycles. The molecule has 0 spiro atoms. The largest absolute Gasteiger partial charge is 0.469 e. The normalized spacial score (nSPS) is 16.0. The standard InChI is InChI=1S/2C24H33ClN2O.2C24H32ClNO2.C15H16ClNOS.CH4/c2*1-18(28)24(2,3)14-8-4-5-11-23(20-9-6-7-10-21(20)25)27-16-13-22-19(17-27)12-15-26-22;2*1-18(27)24(2,3)14-8-4-5-11-22(20-9-6-7-10-21(20)25)26-15-12-23-19(17-26)13-16-28-23;16-13-4-2-1-3-12(13)14(10-18)17-7-5-15-11(9-17)6-8-19-15;/h2*6-7,9-10,12,15,23,26H,4-5,8,11,13-14,16-17H2,1-3H3;2*6-7,9-10,13,16,22H,4-5,8,11-12,14-15,17H2,1-3H3;1-4,6,8,14,18H,5,7,9-10H2;1H4. The fourth-order valence-corrected chi connectivity index (χ4v) is 21.4. The number of ketones is 4. The second kappa shape index (κ2) is 51.8. The average molecular weight is 1920 g/mol. The minimum Gasteiger partial charge on any atom is -0.469 e. The summed E-state index contributed by atoms with van der Waals surface area (Å²) in [5.41, 5.74) is 14.7. The van der Waals surface area contributed by atoms with Crippen LogP contribution in [-0.4, -0.2) is 102 Å². The van der Waals surface area contributed by atoms with E-state index in [1.807, 2.05) is 84.1 Å². The van der Waals surface area contributed by atoms with E-state index in [-0.39, 0.29) is 64.9 Å². The molecule has 5 aliphatic heterocycles. The van der Waals surface area contributed by atoms with Gasteiger partial charge in [-0.15, -0.1) is 11.3 Å². The van der Waals surface area contributed by atoms with Gasteiger partial charge in [-0.2, -0.15) is 0 Å². The van der Waals surface area contributed by atoms with E-state index in [9.17, 15) is 24.3 Å². The third kappa shape index (κ3) is 30.4. The highest BCUT2D eigenvalue weighted by atomic mass is 35.5. The number of aliphatic hydroxyl groups is 1. The van der Waals surface area contributed by atoms with Crippen molar-refractivity contribution in [2.75, 3.05) is 39.3 Å². The molecule has 716 valence electrons. The number of hydrogen-bond donors (Lipinski definition) is 3. The van der Waals surface area contributed by atoms with E-state index in [0.717, 1.165) is 268 Å². The minimum atomic E-state index is -0.202. The minimum absolute atomic E-state index is 0. The fraction of sp³-hybridized carbons (Fsp3) is 0.518. The lowest BCUT2D eigenvalue weighted by Gasteiger charge is -2.35. The Hall–Kier alpha value is -7.19. The van der Waals surface area contributed by atoms with Gasteiger partial charge in [-0.05, 0) is 196 Å². The Kier molecular flexibility index (Phi) is 42.0. The summed E-state index contributed by atoms with van der Waals surface area (Å²) in [5, 5.41) is 16.1. The first-order valence-electron chi connectivity index (χ1n) is 48.4. The molecule has 5 atom stereocenters. The summed E-state index contributed by atoms with van der Waals surface area (Å²) in [6.07, 6.45) is 34.6. The number of furan rings is 2. The summed E-state index contributed by atoms with van der Waals surface area (Å²) >= 11 is 34.4. The van der Waals surface area contributed by atoms with E-state index in [4.69, 9.17) is 66.8 Å². The predicted octanol–water partition coefficient (Wildman–Crippen LogP) is 30.0. The molecule has 0 aliphatic carbocycles. The molecule has 5 aliphatic rings. The lowest BCUT2D eigenvalue weighted by molar-refractivity contribution is -0.125. The van der Waals surface area contributed by atoms with Gasteiger partial charge in [0.2, 0.25) is 0 Å². The molecule has 14 nitrogen and oxygen atoms in total. The number of aromatic nitrogens is 2. The van der Waals surface area contributed by atoms with Crippen molar-refractivity contribution in [1.29, 1.82) is 0 Å². The molecule has 10 aromatic rings. The first kappa shape index (κ1) is 107. The van der Waals surface area contributed by atoms with Gasteiger partial charge in [0.1, 0.15) is 34.7 Å². The zero-order valence-electron chi connectivity index (χ0n) is 80.1. The Morgan fingerprint density at radius 1 is 0.348 bits per heavy atom. The van der Waals surface area contributed by atoms with Gasteiger partial charge in [0.05, 0.1) is 25.2 Å². The molecule has 10 heterocycles. The maximum Gasteiger partial charge on any atom is 0.135 e. The second-order valence-electron chi connectivity index (χ2n) is 39.7. The number of benzene rings is 5. The highest BCUT2D eigenvalue weighted by Crippen LogP contribution is 2.43. The molecule has 0 amide bonds. The van der Waals surface area contributed by atoms with Crippen LogP contribution in [0.15, 0.2) is 191 Å². The van der Waals surface area contributed by atoms with Crippen LogP contribution < -0.4 is 0 Å². The van der Waals surface area contributed by atoms with Crippen LogP contribution in [0.3, 0.4) is 0 Å². The van der Waals surface area contributed by atoms with Gasteiger partial charge in [0, 0.05) is 202 Å². The SMILES string of the molecule is C.CC(=O)C(C)(C)CCCCCC(c1ccccc1Cl)N1CCc2[nH]ccc2C1.CC(=O)C(C)(C)CCCCCC(c1ccccc1Cl)N1CCc2[nH]ccc2C1.CC(=O)C(C)(C)CCCCCC(c1ccccc1Cl)N1CCc2occc2C1.CC(=O)C(C)(C)CCCCCC(c1ccccc1Cl)N1CCc2occc2C1.OCC(c1ccccc1Cl)N1CCc2sccc2C1. The van der Waals surface area contributed by atoms with Gasteiger partial charge in [0.15, 0.2) is 0 Å². The molecule has 0 saturated carbocycles. The zero-order chi connectivity index (χ0) is 93.8. The van der Waals surface area contributed by atoms with Crippen molar-refractivity contribution in [3.05, 3.63) is 290 Å². The van der Waals surface area contributed by atoms with Crippen molar-refractivity contribution in [1.82, 2.24) is 34.5 Å². The van der Waals surface area contributed by atoms with Crippen LogP contribution in [0.1, 0.15) is 333 Å². The van der Waals surface area contributed by atoms with E-state index < -0.39 is 0 Å². The molecule has 5 unspecified atom stereocenters. The van der Waals surface area contributed by atoms with Gasteiger partial charge in [0.25, 0.3) is 0 Å². The highest BCUT2D eigenvalue weighted by Gasteiger charge is 2.35. The summed E-state index contributed by atoms with van der Waals surface area (Å²) in [6, 6.07) is 52.9. The van der Waals surface area contributed by atoms with Gasteiger partial charge in [-0.25, -0.2) is 0 Å². The van der Waals surface area contributed by atoms with Crippen molar-refractivity contribution in [2.24, 2.45) is 21.7 Å². The molecule has 132 heavy (non-hydrogen) atoms. The number of nitrogens with zero attached hydrogens (tertiary/aromatic N) is 5. The van der Waals surface area contributed by atoms with Crippen LogP contribution in [0.2, 0.25) is 25.1 Å². The lowest BCUT2D eigenvalue weighted by Crippen LogP contribution is -2.35. The molecule has 3 N–H and O–H groups in total. The Bertz CT molecular complexity index is 4690. The number of H-pyrrole nitrogens is 2. The zero-order valence-corrected chi connectivity index (χ0v) is 84.7. The van der Waals surface area contributed by atoms with E-state index in [1.54, 1.807) is 40.2 Å². The third-order valence-corrected chi connectivity index (χ3v) is 31.8. The summed E-state index contributed by atoms with van der Waals surface area (Å²) in [6.45, 7) is 33.1. The summed E-state index contributed by atoms with van der Waals surface area (Å²) < 4.78 is 11.2. The topological polar surface area (TPSA) is 163 Å². The molecule has 5 aromatic heterocycles. The second-order valence-corrected chi connectivity index (χ2v) is 42.7. The number of carbonyl (C=O) groups excluding carboxylic acids is 4. The van der Waals surface area contributed by atoms with Crippen LogP contribution in [0.25, 0.3) is 0 Å². The van der Waals surface area contributed by atoms with Gasteiger partial charge < -0.3 is 23.9 Å². The number of unbranched alkanes of at least 4 members (excludes halogenated alkanes) is 8. The highest BCUT2D eigenvalue weighted by molar-refractivity contribution is 7.10. The average Bonchev–Trinajstić information content (AvgIpc) is 1.70. The Labute approximate surface area is 819 Å². The van der Waals surface area contributed by atoms with E-state index in [2.05, 4.69) is 186 Å². The first-order chi connectivity index (χ1) is 62.8. The number of hydrogen-bond acceptors (Lipinski definition) is 13. The number of thiophene rings is 1. The number of carbonyl (C=O) groups is 4. The Morgan fingerprint density at radius 2 is 0.621 bits per heavy atom. The predicted molar refractivity (Wildman–Crippen MR) is 549 cm³/mol. The molecule has 0 radical (unpaired) electrons. The van der Waals surface area contributed by atoms with Crippen molar-refractivity contribution in [2.45, 2.75) is 314 Å². The lowest BCUT2D eigenvalue weighted by atomic mass is 9.83. The van der Waals surface area contributed by atoms with Gasteiger partial charge >= 0.3 is 0 Å². The van der Waals surface area contributed by atoms with Crippen molar-refractivity contribution in [3.8, 4) is 0 Å². The molecule has 20 heteroatoms. The quantitative estimate of drug-likeness (QED) is 0.0313. The number of rotatable bonds is 39. The number of nitrogens with one attached hydrogen (secondary N) is 2. The Balaban J connectivity index is 0.000000172. The summed E-state index contributed by atoms with van der Waals surface area (Å²) in [7, 11) is 0. The maximum atomic E-state index is 11.7. The molecular weight excluding hydrogens is 1760 g/mol.